The summed E-state index contributed by atoms with van der Waals surface area (Å²) >= 11 is 3.76. The van der Waals surface area contributed by atoms with E-state index in [0.717, 1.165) is 29.2 Å². The molecule has 1 aromatic heterocycles. The molecule has 6 heteroatoms. The van der Waals surface area contributed by atoms with Crippen molar-refractivity contribution in [3.8, 4) is 0 Å². The second-order valence-electron chi connectivity index (χ2n) is 5.63. The van der Waals surface area contributed by atoms with Crippen molar-refractivity contribution in [2.75, 3.05) is 12.8 Å². The molecule has 0 spiro atoms. The molecule has 1 aromatic rings. The van der Waals surface area contributed by atoms with Gasteiger partial charge < -0.3 is 10.6 Å². The third-order valence-corrected chi connectivity index (χ3v) is 6.19. The third-order valence-electron chi connectivity index (χ3n) is 3.97. The van der Waals surface area contributed by atoms with Crippen molar-refractivity contribution in [3.63, 3.8) is 0 Å². The summed E-state index contributed by atoms with van der Waals surface area (Å²) in [5.41, 5.74) is 0. The van der Waals surface area contributed by atoms with E-state index in [1.54, 1.807) is 11.3 Å². The van der Waals surface area contributed by atoms with Gasteiger partial charge in [-0.05, 0) is 38.9 Å². The van der Waals surface area contributed by atoms with Gasteiger partial charge in [0, 0.05) is 28.9 Å². The molecule has 1 aliphatic carbocycles. The predicted octanol–water partition coefficient (Wildman–Crippen LogP) is 3.43. The number of nitrogens with zero attached hydrogens (tertiary/aromatic N) is 2. The number of aliphatic imine (C=N–C) groups is 1. The van der Waals surface area contributed by atoms with Crippen molar-refractivity contribution in [1.82, 2.24) is 15.6 Å². The highest BCUT2D eigenvalue weighted by molar-refractivity contribution is 7.99. The lowest BCUT2D eigenvalue weighted by Gasteiger charge is -2.29. The Morgan fingerprint density at radius 3 is 3.00 bits per heavy atom. The van der Waals surface area contributed by atoms with Crippen LogP contribution >= 0.6 is 23.1 Å². The summed E-state index contributed by atoms with van der Waals surface area (Å²) in [6.07, 6.45) is 10.4. The van der Waals surface area contributed by atoms with Gasteiger partial charge in [-0.1, -0.05) is 13.3 Å². The van der Waals surface area contributed by atoms with Crippen LogP contribution in [0.1, 0.15) is 49.4 Å². The van der Waals surface area contributed by atoms with Gasteiger partial charge in [0.15, 0.2) is 5.96 Å². The summed E-state index contributed by atoms with van der Waals surface area (Å²) in [4.78, 5) is 10.5. The van der Waals surface area contributed by atoms with Gasteiger partial charge >= 0.3 is 0 Å². The Bertz CT molecular complexity index is 472. The van der Waals surface area contributed by atoms with Gasteiger partial charge in [-0.2, -0.15) is 11.8 Å². The number of rotatable bonds is 6. The minimum Gasteiger partial charge on any atom is -0.357 e. The maximum atomic E-state index is 4.71. The van der Waals surface area contributed by atoms with Crippen LogP contribution in [0, 0.1) is 0 Å². The average Bonchev–Trinajstić information content (AvgIpc) is 3.01. The summed E-state index contributed by atoms with van der Waals surface area (Å²) in [5, 5.41) is 8.87. The fourth-order valence-corrected chi connectivity index (χ4v) is 4.35. The molecule has 0 saturated heterocycles. The van der Waals surface area contributed by atoms with Crippen LogP contribution in [0.2, 0.25) is 0 Å². The Balaban J connectivity index is 1.91. The maximum absolute atomic E-state index is 4.71. The van der Waals surface area contributed by atoms with Crippen LogP contribution in [-0.2, 0) is 13.0 Å². The van der Waals surface area contributed by atoms with E-state index in [9.17, 15) is 0 Å². The predicted molar refractivity (Wildman–Crippen MR) is 99.0 cm³/mol. The molecule has 1 fully saturated rings. The van der Waals surface area contributed by atoms with Gasteiger partial charge in [-0.25, -0.2) is 9.98 Å². The molecule has 22 heavy (non-hydrogen) atoms. The van der Waals surface area contributed by atoms with Crippen molar-refractivity contribution < 1.29 is 0 Å². The largest absolute Gasteiger partial charge is 0.357 e. The standard InChI is InChI=1S/C16H28N4S2/c1-4-13-10-18-15(22-13)11-19-16(17-5-2)20-12-7-6-8-14(9-12)21-3/h10,12,14H,4-9,11H2,1-3H3,(H2,17,19,20). The van der Waals surface area contributed by atoms with Crippen LogP contribution in [0.25, 0.3) is 0 Å². The van der Waals surface area contributed by atoms with Gasteiger partial charge in [-0.15, -0.1) is 11.3 Å². The molecule has 1 heterocycles. The van der Waals surface area contributed by atoms with Crippen LogP contribution in [0.3, 0.4) is 0 Å². The molecular weight excluding hydrogens is 312 g/mol. The van der Waals surface area contributed by atoms with E-state index in [-0.39, 0.29) is 0 Å². The monoisotopic (exact) mass is 340 g/mol. The van der Waals surface area contributed by atoms with Crippen LogP contribution < -0.4 is 10.6 Å². The summed E-state index contributed by atoms with van der Waals surface area (Å²) in [5.74, 6) is 0.933. The average molecular weight is 341 g/mol. The lowest BCUT2D eigenvalue weighted by Crippen LogP contribution is -2.45. The molecule has 2 rings (SSSR count). The quantitative estimate of drug-likeness (QED) is 0.615. The summed E-state index contributed by atoms with van der Waals surface area (Å²) in [6.45, 7) is 5.83. The van der Waals surface area contributed by atoms with Crippen molar-refractivity contribution in [2.45, 2.75) is 63.8 Å². The number of thiazole rings is 1. The van der Waals surface area contributed by atoms with Gasteiger partial charge in [0.1, 0.15) is 5.01 Å². The first-order valence-electron chi connectivity index (χ1n) is 8.26. The Morgan fingerprint density at radius 1 is 1.45 bits per heavy atom. The van der Waals surface area contributed by atoms with E-state index in [4.69, 9.17) is 4.99 Å². The Kier molecular flexibility index (Phi) is 7.52. The van der Waals surface area contributed by atoms with E-state index in [2.05, 4.69) is 35.7 Å². The van der Waals surface area contributed by atoms with Crippen molar-refractivity contribution in [1.29, 1.82) is 0 Å². The molecule has 0 aliphatic heterocycles. The van der Waals surface area contributed by atoms with Crippen molar-refractivity contribution >= 4 is 29.1 Å². The Hall–Kier alpha value is -0.750. The number of nitrogens with one attached hydrogen (secondary N) is 2. The van der Waals surface area contributed by atoms with Crippen LogP contribution in [0.5, 0.6) is 0 Å². The smallest absolute Gasteiger partial charge is 0.191 e. The van der Waals surface area contributed by atoms with Crippen LogP contribution in [0.4, 0.5) is 0 Å². The highest BCUT2D eigenvalue weighted by Gasteiger charge is 2.21. The molecule has 2 unspecified atom stereocenters. The van der Waals surface area contributed by atoms with E-state index in [1.165, 1.54) is 30.6 Å². The summed E-state index contributed by atoms with van der Waals surface area (Å²) in [7, 11) is 0. The molecule has 1 saturated carbocycles. The molecule has 124 valence electrons. The van der Waals surface area contributed by atoms with Crippen LogP contribution in [-0.4, -0.2) is 35.0 Å². The summed E-state index contributed by atoms with van der Waals surface area (Å²) in [6, 6.07) is 0.548. The molecule has 0 radical (unpaired) electrons. The molecule has 2 N–H and O–H groups in total. The molecular formula is C16H28N4S2. The van der Waals surface area contributed by atoms with Gasteiger partial charge in [0.05, 0.1) is 6.54 Å². The maximum Gasteiger partial charge on any atom is 0.191 e. The SMILES string of the molecule is CCNC(=NCc1ncc(CC)s1)NC1CCCC(SC)C1. The van der Waals surface area contributed by atoms with Crippen LogP contribution in [0.15, 0.2) is 11.2 Å². The van der Waals surface area contributed by atoms with Gasteiger partial charge in [0.25, 0.3) is 0 Å². The zero-order valence-corrected chi connectivity index (χ0v) is 15.5. The minimum absolute atomic E-state index is 0.548. The second-order valence-corrected chi connectivity index (χ2v) is 7.97. The first-order valence-corrected chi connectivity index (χ1v) is 10.4. The minimum atomic E-state index is 0.548. The first kappa shape index (κ1) is 17.6. The van der Waals surface area contributed by atoms with Crippen molar-refractivity contribution in [3.05, 3.63) is 16.1 Å². The van der Waals surface area contributed by atoms with E-state index in [1.807, 2.05) is 18.0 Å². The topological polar surface area (TPSA) is 49.3 Å². The lowest BCUT2D eigenvalue weighted by atomic mass is 9.95. The first-order chi connectivity index (χ1) is 10.7. The van der Waals surface area contributed by atoms with E-state index in [0.29, 0.717) is 12.6 Å². The molecule has 4 nitrogen and oxygen atoms in total. The molecule has 1 aliphatic rings. The Labute approximate surface area is 142 Å². The number of aryl methyl sites for hydroxylation is 1. The fraction of sp³-hybridized carbons (Fsp3) is 0.750. The zero-order chi connectivity index (χ0) is 15.8. The highest BCUT2D eigenvalue weighted by Crippen LogP contribution is 2.26. The van der Waals surface area contributed by atoms with Gasteiger partial charge in [0.2, 0.25) is 0 Å². The molecule has 0 aromatic carbocycles. The number of guanidine groups is 1. The number of hydrogen-bond donors (Lipinski definition) is 2. The molecule has 0 amide bonds. The summed E-state index contributed by atoms with van der Waals surface area (Å²) < 4.78 is 0. The second kappa shape index (κ2) is 9.40. The number of aromatic nitrogens is 1. The fourth-order valence-electron chi connectivity index (χ4n) is 2.73. The molecule has 2 atom stereocenters. The number of hydrogen-bond acceptors (Lipinski definition) is 4. The lowest BCUT2D eigenvalue weighted by molar-refractivity contribution is 0.419. The Morgan fingerprint density at radius 2 is 2.32 bits per heavy atom. The number of thioether (sulfide) groups is 1. The van der Waals surface area contributed by atoms with E-state index >= 15 is 0 Å². The normalized spacial score (nSPS) is 22.6. The van der Waals surface area contributed by atoms with Crippen molar-refractivity contribution in [2.24, 2.45) is 4.99 Å². The van der Waals surface area contributed by atoms with E-state index < -0.39 is 0 Å². The molecule has 0 bridgehead atoms. The third kappa shape index (κ3) is 5.47. The zero-order valence-electron chi connectivity index (χ0n) is 13.9. The van der Waals surface area contributed by atoms with Gasteiger partial charge in [-0.3, -0.25) is 0 Å². The highest BCUT2D eigenvalue weighted by atomic mass is 32.2.